The number of benzene rings is 4. The fourth-order valence-corrected chi connectivity index (χ4v) is 4.00. The molecule has 0 aliphatic heterocycles. The summed E-state index contributed by atoms with van der Waals surface area (Å²) in [7, 11) is -2.82. The summed E-state index contributed by atoms with van der Waals surface area (Å²) in [4.78, 5) is 18.6. The van der Waals surface area contributed by atoms with Crippen molar-refractivity contribution in [2.24, 2.45) is 0 Å². The van der Waals surface area contributed by atoms with Crippen LogP contribution >= 0.6 is 0 Å². The Balaban J connectivity index is 0.000000170. The average molecular weight is 503 g/mol. The molecule has 9 heteroatoms. The second kappa shape index (κ2) is 10.4. The third kappa shape index (κ3) is 5.43. The lowest BCUT2D eigenvalue weighted by molar-refractivity contribution is 0.103. The number of aromatic hydroxyl groups is 1. The second-order valence-electron chi connectivity index (χ2n) is 7.66. The van der Waals surface area contributed by atoms with Gasteiger partial charge in [0.25, 0.3) is 5.16 Å². The molecule has 182 valence electrons. The Morgan fingerprint density at radius 3 is 2.17 bits per heavy atom. The minimum absolute atomic E-state index is 0.0711. The normalized spacial score (nSPS) is 10.9. The van der Waals surface area contributed by atoms with Gasteiger partial charge in [0.1, 0.15) is 11.5 Å². The molecule has 0 radical (unpaired) electrons. The van der Waals surface area contributed by atoms with Crippen molar-refractivity contribution in [2.75, 3.05) is 7.11 Å². The number of rotatable bonds is 5. The van der Waals surface area contributed by atoms with Gasteiger partial charge in [-0.25, -0.2) is 4.98 Å². The molecule has 5 aromatic rings. The molecule has 3 N–H and O–H groups in total. The van der Waals surface area contributed by atoms with E-state index in [4.69, 9.17) is 9.29 Å². The monoisotopic (exact) mass is 502 g/mol. The van der Waals surface area contributed by atoms with Gasteiger partial charge in [-0.3, -0.25) is 9.35 Å². The smallest absolute Gasteiger partial charge is 0.328 e. The van der Waals surface area contributed by atoms with Gasteiger partial charge in [0.05, 0.1) is 23.7 Å². The van der Waals surface area contributed by atoms with Crippen LogP contribution in [0.15, 0.2) is 102 Å². The zero-order valence-corrected chi connectivity index (χ0v) is 19.9. The number of para-hydroxylation sites is 1. The van der Waals surface area contributed by atoms with E-state index in [-0.39, 0.29) is 17.1 Å². The number of carbonyl (C=O) groups is 1. The van der Waals surface area contributed by atoms with E-state index in [9.17, 15) is 18.3 Å². The Morgan fingerprint density at radius 1 is 0.889 bits per heavy atom. The molecule has 0 aliphatic carbocycles. The fraction of sp³-hybridized carbons (Fsp3) is 0.0370. The predicted octanol–water partition coefficient (Wildman–Crippen LogP) is 5.11. The van der Waals surface area contributed by atoms with Gasteiger partial charge in [0, 0.05) is 17.2 Å². The molecule has 0 amide bonds. The lowest BCUT2D eigenvalue weighted by Gasteiger charge is -2.06. The molecule has 0 saturated heterocycles. The summed E-state index contributed by atoms with van der Waals surface area (Å²) in [5.41, 5.74) is 3.64. The van der Waals surface area contributed by atoms with E-state index >= 15 is 0 Å². The molecule has 0 aliphatic rings. The van der Waals surface area contributed by atoms with E-state index in [0.717, 1.165) is 11.1 Å². The fourth-order valence-electron chi connectivity index (χ4n) is 3.56. The van der Waals surface area contributed by atoms with Crippen molar-refractivity contribution < 1.29 is 27.6 Å². The van der Waals surface area contributed by atoms with Crippen LogP contribution in [-0.4, -0.2) is 40.9 Å². The summed E-state index contributed by atoms with van der Waals surface area (Å²) in [6.07, 6.45) is 0. The van der Waals surface area contributed by atoms with Crippen LogP contribution in [0.2, 0.25) is 0 Å². The van der Waals surface area contributed by atoms with Gasteiger partial charge in [0.2, 0.25) is 0 Å². The van der Waals surface area contributed by atoms with Crippen molar-refractivity contribution in [3.05, 3.63) is 108 Å². The number of phenols is 1. The van der Waals surface area contributed by atoms with Crippen LogP contribution in [-0.2, 0) is 10.1 Å². The summed E-state index contributed by atoms with van der Waals surface area (Å²) in [6, 6.07) is 28.4. The highest BCUT2D eigenvalue weighted by atomic mass is 32.2. The maximum absolute atomic E-state index is 12.1. The van der Waals surface area contributed by atoms with E-state index in [1.54, 1.807) is 48.5 Å². The number of hydrogen-bond acceptors (Lipinski definition) is 6. The van der Waals surface area contributed by atoms with Crippen molar-refractivity contribution >= 4 is 26.9 Å². The van der Waals surface area contributed by atoms with Crippen molar-refractivity contribution in [1.82, 2.24) is 9.97 Å². The van der Waals surface area contributed by atoms with E-state index in [1.807, 2.05) is 42.5 Å². The molecule has 0 spiro atoms. The molecule has 5 rings (SSSR count). The third-order valence-corrected chi connectivity index (χ3v) is 5.99. The first kappa shape index (κ1) is 24.6. The first-order valence-corrected chi connectivity index (χ1v) is 12.2. The molecule has 36 heavy (non-hydrogen) atoms. The highest BCUT2D eigenvalue weighted by Gasteiger charge is 2.17. The number of aromatic nitrogens is 2. The van der Waals surface area contributed by atoms with Gasteiger partial charge < -0.3 is 14.8 Å². The van der Waals surface area contributed by atoms with Gasteiger partial charge in [0.15, 0.2) is 5.78 Å². The molecule has 0 atom stereocenters. The molecular formula is C27H22N2O6S. The van der Waals surface area contributed by atoms with E-state index in [0.29, 0.717) is 22.3 Å². The Hall–Kier alpha value is -4.47. The Bertz CT molecular complexity index is 1610. The number of ketones is 1. The van der Waals surface area contributed by atoms with Gasteiger partial charge in [-0.05, 0) is 23.8 Å². The maximum atomic E-state index is 12.1. The topological polar surface area (TPSA) is 130 Å². The van der Waals surface area contributed by atoms with Crippen LogP contribution in [0.25, 0.3) is 22.2 Å². The minimum atomic E-state index is -4.33. The summed E-state index contributed by atoms with van der Waals surface area (Å²) in [5, 5.41) is 9.31. The summed E-state index contributed by atoms with van der Waals surface area (Å²) >= 11 is 0. The average Bonchev–Trinajstić information content (AvgIpc) is 3.35. The third-order valence-electron chi connectivity index (χ3n) is 5.31. The number of nitrogens with one attached hydrogen (secondary N) is 1. The number of nitrogens with zero attached hydrogens (tertiary/aromatic N) is 1. The molecule has 0 bridgehead atoms. The number of fused-ring (bicyclic) bond motifs is 1. The van der Waals surface area contributed by atoms with Crippen LogP contribution in [0.5, 0.6) is 11.5 Å². The summed E-state index contributed by atoms with van der Waals surface area (Å²) in [5.74, 6) is 0.246. The lowest BCUT2D eigenvalue weighted by Crippen LogP contribution is -2.01. The van der Waals surface area contributed by atoms with Crippen LogP contribution < -0.4 is 4.74 Å². The number of ether oxygens (including phenoxy) is 1. The van der Waals surface area contributed by atoms with Crippen molar-refractivity contribution in [3.63, 3.8) is 0 Å². The van der Waals surface area contributed by atoms with E-state index in [1.165, 1.54) is 13.2 Å². The standard InChI is InChI=1S/C14H12O3.C13H10N2O3S/c1-17-11-7-8-12(13(15)9-11)14(16)10-5-3-2-4-6-10;16-19(17,18)13-14-11-8-4-7-10(12(11)15-13)9-5-2-1-3-6-9/h2-9,15H,1H3;1-8H,(H,14,15)(H,16,17,18). The Kier molecular flexibility index (Phi) is 7.14. The predicted molar refractivity (Wildman–Crippen MR) is 136 cm³/mol. The van der Waals surface area contributed by atoms with Crippen molar-refractivity contribution in [1.29, 1.82) is 0 Å². The van der Waals surface area contributed by atoms with Gasteiger partial charge in [-0.2, -0.15) is 8.42 Å². The lowest BCUT2D eigenvalue weighted by atomic mass is 10.0. The molecule has 0 saturated carbocycles. The van der Waals surface area contributed by atoms with Gasteiger partial charge in [-0.1, -0.05) is 72.8 Å². The van der Waals surface area contributed by atoms with Crippen LogP contribution in [0, 0.1) is 0 Å². The number of methoxy groups -OCH3 is 1. The highest BCUT2D eigenvalue weighted by molar-refractivity contribution is 7.85. The zero-order chi connectivity index (χ0) is 25.7. The molecule has 8 nitrogen and oxygen atoms in total. The van der Waals surface area contributed by atoms with Crippen LogP contribution in [0.4, 0.5) is 0 Å². The zero-order valence-electron chi connectivity index (χ0n) is 19.1. The number of H-pyrrole nitrogens is 1. The minimum Gasteiger partial charge on any atom is -0.507 e. The second-order valence-corrected chi connectivity index (χ2v) is 9.00. The van der Waals surface area contributed by atoms with E-state index in [2.05, 4.69) is 9.97 Å². The number of phenolic OH excluding ortho intramolecular Hbond substituents is 1. The molecule has 0 unspecified atom stereocenters. The number of carbonyl (C=O) groups excluding carboxylic acids is 1. The molecule has 4 aromatic carbocycles. The molecule has 1 heterocycles. The summed E-state index contributed by atoms with van der Waals surface area (Å²) in [6.45, 7) is 0. The first-order chi connectivity index (χ1) is 17.3. The summed E-state index contributed by atoms with van der Waals surface area (Å²) < 4.78 is 36.2. The first-order valence-electron chi connectivity index (χ1n) is 10.8. The molecule has 1 aromatic heterocycles. The Labute approximate surface area is 207 Å². The van der Waals surface area contributed by atoms with Crippen molar-refractivity contribution in [2.45, 2.75) is 5.16 Å². The molecule has 0 fully saturated rings. The van der Waals surface area contributed by atoms with Crippen molar-refractivity contribution in [3.8, 4) is 22.6 Å². The maximum Gasteiger partial charge on any atom is 0.328 e. The largest absolute Gasteiger partial charge is 0.507 e. The number of imidazole rings is 1. The van der Waals surface area contributed by atoms with Crippen LogP contribution in [0.1, 0.15) is 15.9 Å². The Morgan fingerprint density at radius 2 is 1.56 bits per heavy atom. The number of hydrogen-bond donors (Lipinski definition) is 3. The number of aromatic amines is 1. The SMILES string of the molecule is COc1ccc(C(=O)c2ccccc2)c(O)c1.O=S(=O)(O)c1nc2c(-c3ccccc3)cccc2[nH]1. The molecular weight excluding hydrogens is 480 g/mol. The van der Waals surface area contributed by atoms with Gasteiger partial charge in [-0.15, -0.1) is 0 Å². The highest BCUT2D eigenvalue weighted by Crippen LogP contribution is 2.28. The van der Waals surface area contributed by atoms with E-state index < -0.39 is 15.3 Å². The van der Waals surface area contributed by atoms with Crippen LogP contribution in [0.3, 0.4) is 0 Å². The quantitative estimate of drug-likeness (QED) is 0.225. The van der Waals surface area contributed by atoms with Gasteiger partial charge >= 0.3 is 10.1 Å².